The molecule has 0 radical (unpaired) electrons. The summed E-state index contributed by atoms with van der Waals surface area (Å²) in [4.78, 5) is 89.4. The van der Waals surface area contributed by atoms with Gasteiger partial charge in [0.2, 0.25) is 0 Å². The van der Waals surface area contributed by atoms with Crippen LogP contribution < -0.4 is 0 Å². The van der Waals surface area contributed by atoms with Gasteiger partial charge in [-0.25, -0.2) is 14.4 Å². The first-order valence-corrected chi connectivity index (χ1v) is 18.3. The number of benzene rings is 3. The average molecular weight is 823 g/mol. The monoisotopic (exact) mass is 822 g/mol. The summed E-state index contributed by atoms with van der Waals surface area (Å²) < 4.78 is 56.9. The molecule has 10 atom stereocenters. The van der Waals surface area contributed by atoms with Crippen LogP contribution in [0.4, 0.5) is 0 Å². The highest BCUT2D eigenvalue weighted by atomic mass is 16.7. The van der Waals surface area contributed by atoms with Gasteiger partial charge in [0.15, 0.2) is 49.2 Å². The molecule has 2 fully saturated rings. The Morgan fingerprint density at radius 1 is 0.458 bits per heavy atom. The molecule has 314 valence electrons. The first kappa shape index (κ1) is 43.9. The number of hydrogen-bond donors (Lipinski definition) is 1. The van der Waals surface area contributed by atoms with Crippen LogP contribution in [-0.2, 0) is 66.5 Å². The maximum atomic E-state index is 13.7. The first-order valence-electron chi connectivity index (χ1n) is 18.3. The molecule has 2 saturated heterocycles. The molecule has 3 aromatic carbocycles. The highest BCUT2D eigenvalue weighted by Crippen LogP contribution is 2.33. The molecule has 0 bridgehead atoms. The second kappa shape index (κ2) is 20.5. The molecule has 59 heavy (non-hydrogen) atoms. The van der Waals surface area contributed by atoms with Crippen LogP contribution >= 0.6 is 0 Å². The molecule has 1 N–H and O–H groups in total. The summed E-state index contributed by atoms with van der Waals surface area (Å²) >= 11 is 0. The topological polar surface area (TPSA) is 232 Å². The van der Waals surface area contributed by atoms with E-state index < -0.39 is 116 Å². The van der Waals surface area contributed by atoms with Crippen molar-refractivity contribution in [1.29, 1.82) is 0 Å². The van der Waals surface area contributed by atoms with Crippen LogP contribution in [-0.4, -0.2) is 122 Å². The Hall–Kier alpha value is -6.21. The Labute approximate surface area is 337 Å². The van der Waals surface area contributed by atoms with E-state index in [0.717, 1.165) is 27.7 Å². The largest absolute Gasteiger partial charge is 0.463 e. The highest BCUT2D eigenvalue weighted by molar-refractivity contribution is 5.91. The summed E-state index contributed by atoms with van der Waals surface area (Å²) in [5.74, 6) is -6.23. The average Bonchev–Trinajstić information content (AvgIpc) is 3.20. The van der Waals surface area contributed by atoms with Crippen molar-refractivity contribution in [3.05, 3.63) is 108 Å². The Balaban J connectivity index is 1.53. The van der Waals surface area contributed by atoms with E-state index in [1.54, 1.807) is 54.6 Å². The Bertz CT molecular complexity index is 1940. The fraction of sp³-hybridized carbons (Fsp3) is 0.390. The van der Waals surface area contributed by atoms with Gasteiger partial charge in [0.1, 0.15) is 18.8 Å². The quantitative estimate of drug-likeness (QED) is 0.182. The van der Waals surface area contributed by atoms with Gasteiger partial charge in [-0.3, -0.25) is 19.2 Å². The number of carbonyl (C=O) groups excluding carboxylic acids is 7. The van der Waals surface area contributed by atoms with Gasteiger partial charge in [-0.1, -0.05) is 54.6 Å². The van der Waals surface area contributed by atoms with E-state index >= 15 is 0 Å². The Morgan fingerprint density at radius 3 is 1.29 bits per heavy atom. The molecule has 0 spiro atoms. The lowest BCUT2D eigenvalue weighted by atomic mass is 9.97. The Kier molecular flexibility index (Phi) is 15.2. The maximum Gasteiger partial charge on any atom is 0.338 e. The molecule has 5 rings (SSSR count). The minimum absolute atomic E-state index is 0.0556. The lowest BCUT2D eigenvalue weighted by Gasteiger charge is -2.45. The summed E-state index contributed by atoms with van der Waals surface area (Å²) in [6, 6.07) is 23.1. The van der Waals surface area contributed by atoms with Gasteiger partial charge in [-0.2, -0.15) is 0 Å². The van der Waals surface area contributed by atoms with Gasteiger partial charge >= 0.3 is 41.8 Å². The molecule has 2 aliphatic rings. The smallest absolute Gasteiger partial charge is 0.338 e. The second-order valence-corrected chi connectivity index (χ2v) is 13.2. The molecular formula is C41H42O18. The summed E-state index contributed by atoms with van der Waals surface area (Å²) in [6.45, 7) is 2.97. The van der Waals surface area contributed by atoms with E-state index in [1.807, 2.05) is 0 Å². The molecular weight excluding hydrogens is 780 g/mol. The van der Waals surface area contributed by atoms with E-state index in [4.69, 9.17) is 47.4 Å². The van der Waals surface area contributed by atoms with Gasteiger partial charge in [0.05, 0.1) is 23.3 Å². The normalized spacial score (nSPS) is 26.3. The third-order valence-corrected chi connectivity index (χ3v) is 8.74. The molecule has 0 aromatic heterocycles. The Morgan fingerprint density at radius 2 is 0.831 bits per heavy atom. The van der Waals surface area contributed by atoms with E-state index in [0.29, 0.717) is 0 Å². The van der Waals surface area contributed by atoms with Crippen LogP contribution in [0.1, 0.15) is 58.8 Å². The van der Waals surface area contributed by atoms with Crippen LogP contribution in [0, 0.1) is 0 Å². The fourth-order valence-electron chi connectivity index (χ4n) is 6.24. The summed E-state index contributed by atoms with van der Waals surface area (Å²) in [5, 5.41) is 11.4. The van der Waals surface area contributed by atoms with Crippen LogP contribution in [0.5, 0.6) is 0 Å². The predicted octanol–water partition coefficient (Wildman–Crippen LogP) is 2.48. The zero-order valence-corrected chi connectivity index (χ0v) is 32.2. The lowest BCUT2D eigenvalue weighted by molar-refractivity contribution is -0.327. The molecule has 0 saturated carbocycles. The van der Waals surface area contributed by atoms with Crippen molar-refractivity contribution in [3.63, 3.8) is 0 Å². The van der Waals surface area contributed by atoms with E-state index in [2.05, 4.69) is 0 Å². The van der Waals surface area contributed by atoms with Gasteiger partial charge in [-0.05, 0) is 36.4 Å². The molecule has 0 aliphatic carbocycles. The zero-order chi connectivity index (χ0) is 42.6. The van der Waals surface area contributed by atoms with E-state index in [-0.39, 0.29) is 16.7 Å². The third kappa shape index (κ3) is 11.9. The molecule has 0 unspecified atom stereocenters. The van der Waals surface area contributed by atoms with Gasteiger partial charge < -0.3 is 52.5 Å². The number of hydrogen-bond acceptors (Lipinski definition) is 18. The van der Waals surface area contributed by atoms with Crippen LogP contribution in [0.3, 0.4) is 0 Å². The minimum atomic E-state index is -2.05. The zero-order valence-electron chi connectivity index (χ0n) is 32.2. The number of rotatable bonds is 14. The van der Waals surface area contributed by atoms with Crippen LogP contribution in [0.25, 0.3) is 0 Å². The van der Waals surface area contributed by atoms with E-state index in [1.165, 1.54) is 36.4 Å². The van der Waals surface area contributed by atoms with Crippen molar-refractivity contribution in [2.45, 2.75) is 89.1 Å². The van der Waals surface area contributed by atoms with Gasteiger partial charge in [0, 0.05) is 27.7 Å². The molecule has 2 heterocycles. The molecule has 18 heteroatoms. The van der Waals surface area contributed by atoms with Gasteiger partial charge in [0.25, 0.3) is 0 Å². The highest BCUT2D eigenvalue weighted by Gasteiger charge is 2.55. The second-order valence-electron chi connectivity index (χ2n) is 13.2. The molecule has 3 aromatic rings. The minimum Gasteiger partial charge on any atom is -0.463 e. The first-order chi connectivity index (χ1) is 28.2. The molecule has 18 nitrogen and oxygen atoms in total. The van der Waals surface area contributed by atoms with Crippen molar-refractivity contribution in [2.24, 2.45) is 0 Å². The third-order valence-electron chi connectivity index (χ3n) is 8.74. The summed E-state index contributed by atoms with van der Waals surface area (Å²) in [7, 11) is 0. The summed E-state index contributed by atoms with van der Waals surface area (Å²) in [6.07, 6.45) is -16.7. The standard InChI is InChI=1S/C41H42O18/c1-22(42)50-20-30-31(52-23(2)43)34(53-24(3)44)36(54-25(4)45)41(56-30)51-21-29-32(57-37(46)26-14-8-5-9-15-26)33(58-38(47)27-16-10-6-11-17-27)35(40(49)55-29)59-39(48)28-18-12-7-13-19-28/h5-19,29-36,40-41,49H,20-21H2,1-4H3/t29-,30-,31-,32-,33+,34+,35-,36-,40+,41-/m1/s1. The SMILES string of the molecule is CC(=O)OC[C@H]1O[C@@H](OC[C@H]2O[C@H](O)[C@H](OC(=O)c3ccccc3)[C@@H](OC(=O)c3ccccc3)[C@@H]2OC(=O)c2ccccc2)[C@H](OC(C)=O)[C@@H](OC(C)=O)[C@@H]1OC(C)=O. The van der Waals surface area contributed by atoms with Crippen molar-refractivity contribution < 1.29 is 86.0 Å². The van der Waals surface area contributed by atoms with Crippen molar-refractivity contribution >= 4 is 41.8 Å². The number of aliphatic hydroxyl groups is 1. The van der Waals surface area contributed by atoms with Crippen LogP contribution in [0.15, 0.2) is 91.0 Å². The van der Waals surface area contributed by atoms with E-state index in [9.17, 15) is 38.7 Å². The van der Waals surface area contributed by atoms with Gasteiger partial charge in [-0.15, -0.1) is 0 Å². The fourth-order valence-corrected chi connectivity index (χ4v) is 6.24. The number of carbonyl (C=O) groups is 7. The molecule has 2 aliphatic heterocycles. The predicted molar refractivity (Wildman–Crippen MR) is 196 cm³/mol. The van der Waals surface area contributed by atoms with Crippen molar-refractivity contribution in [3.8, 4) is 0 Å². The van der Waals surface area contributed by atoms with Crippen molar-refractivity contribution in [2.75, 3.05) is 13.2 Å². The maximum absolute atomic E-state index is 13.7. The number of aliphatic hydroxyl groups excluding tert-OH is 1. The number of esters is 7. The van der Waals surface area contributed by atoms with Crippen molar-refractivity contribution in [1.82, 2.24) is 0 Å². The molecule has 0 amide bonds. The summed E-state index contributed by atoms with van der Waals surface area (Å²) in [5.41, 5.74) is 0.184. The van der Waals surface area contributed by atoms with Crippen LogP contribution in [0.2, 0.25) is 0 Å². The lowest BCUT2D eigenvalue weighted by Crippen LogP contribution is -2.64. The number of ether oxygens (including phenoxy) is 10.